The molecule has 7 nitrogen and oxygen atoms in total. The first-order valence-electron chi connectivity index (χ1n) is 11.2. The zero-order valence-electron chi connectivity index (χ0n) is 18.7. The molecule has 31 heavy (non-hydrogen) atoms. The fourth-order valence-corrected chi connectivity index (χ4v) is 5.18. The van der Waals surface area contributed by atoms with Gasteiger partial charge in [-0.2, -0.15) is 0 Å². The van der Waals surface area contributed by atoms with Gasteiger partial charge >= 0.3 is 0 Å². The van der Waals surface area contributed by atoms with Crippen molar-refractivity contribution in [3.05, 3.63) is 29.3 Å². The average Bonchev–Trinajstić information content (AvgIpc) is 3.21. The van der Waals surface area contributed by atoms with Crippen LogP contribution in [-0.4, -0.2) is 69.6 Å². The number of benzene rings is 1. The van der Waals surface area contributed by atoms with Gasteiger partial charge in [-0.15, -0.1) is 24.0 Å². The number of guanidine groups is 1. The van der Waals surface area contributed by atoms with Crippen molar-refractivity contribution in [3.8, 4) is 5.75 Å². The Morgan fingerprint density at radius 1 is 1.19 bits per heavy atom. The van der Waals surface area contributed by atoms with Crippen LogP contribution in [0.25, 0.3) is 0 Å². The number of hydrogen-bond acceptors (Lipinski definition) is 5. The van der Waals surface area contributed by atoms with Crippen molar-refractivity contribution in [1.29, 1.82) is 0 Å². The Labute approximate surface area is 204 Å². The highest BCUT2D eigenvalue weighted by atomic mass is 127. The summed E-state index contributed by atoms with van der Waals surface area (Å²) < 4.78 is 29.4. The van der Waals surface area contributed by atoms with Crippen LogP contribution in [0.5, 0.6) is 5.75 Å². The third-order valence-corrected chi connectivity index (χ3v) is 7.34. The summed E-state index contributed by atoms with van der Waals surface area (Å²) in [6.45, 7) is 8.24. The minimum atomic E-state index is -2.83. The van der Waals surface area contributed by atoms with Gasteiger partial charge in [0.05, 0.1) is 24.2 Å². The molecule has 0 bridgehead atoms. The maximum absolute atomic E-state index is 11.6. The summed E-state index contributed by atoms with van der Waals surface area (Å²) in [7, 11) is -2.83. The molecule has 9 heteroatoms. The number of aliphatic imine (C=N–C) groups is 1. The van der Waals surface area contributed by atoms with Gasteiger partial charge in [0.15, 0.2) is 15.8 Å². The number of nitrogens with zero attached hydrogens (tertiary/aromatic N) is 2. The number of rotatable bonds is 8. The molecule has 1 aromatic carbocycles. The van der Waals surface area contributed by atoms with E-state index in [2.05, 4.69) is 40.7 Å². The van der Waals surface area contributed by atoms with E-state index in [1.165, 1.54) is 18.4 Å². The minimum absolute atomic E-state index is 0. The van der Waals surface area contributed by atoms with Crippen LogP contribution in [-0.2, 0) is 16.4 Å². The topological polar surface area (TPSA) is 83.0 Å². The predicted octanol–water partition coefficient (Wildman–Crippen LogP) is 2.72. The molecule has 1 aliphatic carbocycles. The van der Waals surface area contributed by atoms with Crippen LogP contribution in [0.15, 0.2) is 23.2 Å². The molecule has 0 atom stereocenters. The Bertz CT molecular complexity index is 812. The van der Waals surface area contributed by atoms with E-state index in [4.69, 9.17) is 9.73 Å². The third kappa shape index (κ3) is 8.76. The van der Waals surface area contributed by atoms with Gasteiger partial charge in [-0.25, -0.2) is 13.4 Å². The third-order valence-electron chi connectivity index (χ3n) is 5.73. The van der Waals surface area contributed by atoms with Gasteiger partial charge in [0, 0.05) is 38.3 Å². The second kappa shape index (κ2) is 12.8. The predicted molar refractivity (Wildman–Crippen MR) is 137 cm³/mol. The molecule has 2 fully saturated rings. The molecule has 176 valence electrons. The summed E-state index contributed by atoms with van der Waals surface area (Å²) in [5.74, 6) is 2.25. The molecule has 0 radical (unpaired) electrons. The van der Waals surface area contributed by atoms with Crippen molar-refractivity contribution >= 4 is 39.8 Å². The van der Waals surface area contributed by atoms with E-state index >= 15 is 0 Å². The smallest absolute Gasteiger partial charge is 0.191 e. The lowest BCUT2D eigenvalue weighted by molar-refractivity contribution is 0.208. The first-order valence-corrected chi connectivity index (χ1v) is 13.0. The molecular weight excluding hydrogens is 527 g/mol. The van der Waals surface area contributed by atoms with Crippen molar-refractivity contribution in [1.82, 2.24) is 15.5 Å². The van der Waals surface area contributed by atoms with Gasteiger partial charge < -0.3 is 15.4 Å². The van der Waals surface area contributed by atoms with E-state index in [-0.39, 0.29) is 35.5 Å². The van der Waals surface area contributed by atoms with Gasteiger partial charge in [0.25, 0.3) is 0 Å². The van der Waals surface area contributed by atoms with Crippen LogP contribution in [0.1, 0.15) is 43.7 Å². The molecule has 3 rings (SSSR count). The summed E-state index contributed by atoms with van der Waals surface area (Å²) in [4.78, 5) is 6.94. The van der Waals surface area contributed by atoms with Gasteiger partial charge in [-0.05, 0) is 51.2 Å². The summed E-state index contributed by atoms with van der Waals surface area (Å²) in [5.41, 5.74) is 2.30. The molecule has 0 aromatic heterocycles. The van der Waals surface area contributed by atoms with E-state index in [1.54, 1.807) is 0 Å². The van der Waals surface area contributed by atoms with Crippen molar-refractivity contribution < 1.29 is 13.2 Å². The number of aryl methyl sites for hydroxylation is 1. The molecule has 1 saturated heterocycles. The van der Waals surface area contributed by atoms with Crippen LogP contribution in [0.2, 0.25) is 0 Å². The fourth-order valence-electron chi connectivity index (χ4n) is 3.90. The van der Waals surface area contributed by atoms with E-state index in [9.17, 15) is 8.42 Å². The Kier molecular flexibility index (Phi) is 10.8. The summed E-state index contributed by atoms with van der Waals surface area (Å²) in [5, 5.41) is 6.66. The number of hydrogen-bond donors (Lipinski definition) is 2. The lowest BCUT2D eigenvalue weighted by Gasteiger charge is -2.26. The Hall–Kier alpha value is -1.07. The fraction of sp³-hybridized carbons (Fsp3) is 0.682. The second-order valence-electron chi connectivity index (χ2n) is 8.25. The highest BCUT2D eigenvalue weighted by Gasteiger charge is 2.21. The lowest BCUT2D eigenvalue weighted by Crippen LogP contribution is -2.45. The maximum Gasteiger partial charge on any atom is 0.191 e. The highest BCUT2D eigenvalue weighted by molar-refractivity contribution is 14.0. The Balaban J connectivity index is 0.00000341. The minimum Gasteiger partial charge on any atom is -0.490 e. The molecule has 0 unspecified atom stereocenters. The van der Waals surface area contributed by atoms with Gasteiger partial charge in [-0.1, -0.05) is 12.1 Å². The van der Waals surface area contributed by atoms with E-state index in [1.807, 2.05) is 6.92 Å². The van der Waals surface area contributed by atoms with Crippen molar-refractivity contribution in [2.45, 2.75) is 52.2 Å². The van der Waals surface area contributed by atoms with Crippen LogP contribution in [0.4, 0.5) is 0 Å². The first-order chi connectivity index (χ1) is 14.4. The zero-order valence-corrected chi connectivity index (χ0v) is 21.9. The molecule has 0 spiro atoms. The number of halogens is 1. The van der Waals surface area contributed by atoms with E-state index < -0.39 is 9.84 Å². The highest BCUT2D eigenvalue weighted by Crippen LogP contribution is 2.28. The monoisotopic (exact) mass is 564 g/mol. The molecule has 2 N–H and O–H groups in total. The van der Waals surface area contributed by atoms with E-state index in [0.717, 1.165) is 49.7 Å². The lowest BCUT2D eigenvalue weighted by atomic mass is 10.1. The Morgan fingerprint density at radius 3 is 2.58 bits per heavy atom. The molecule has 1 aromatic rings. The molecule has 2 aliphatic rings. The summed E-state index contributed by atoms with van der Waals surface area (Å²) in [6.07, 6.45) is 5.11. The molecule has 1 saturated carbocycles. The standard InChI is InChI=1S/C22H36N4O3S.HI/c1-3-23-22(24-10-11-26-12-14-30(27,28)15-13-26)25-17-19-9-8-18(2)16-21(19)29-20-6-4-5-7-20;/h8-9,16,20H,3-7,10-15,17H2,1-2H3,(H2,23,24,25);1H. The largest absolute Gasteiger partial charge is 0.490 e. The zero-order chi connectivity index (χ0) is 21.4. The van der Waals surface area contributed by atoms with Gasteiger partial charge in [0.1, 0.15) is 5.75 Å². The summed E-state index contributed by atoms with van der Waals surface area (Å²) in [6, 6.07) is 6.34. The van der Waals surface area contributed by atoms with Crippen molar-refractivity contribution in [3.63, 3.8) is 0 Å². The van der Waals surface area contributed by atoms with Crippen LogP contribution in [0.3, 0.4) is 0 Å². The van der Waals surface area contributed by atoms with Gasteiger partial charge in [0.2, 0.25) is 0 Å². The van der Waals surface area contributed by atoms with Crippen molar-refractivity contribution in [2.24, 2.45) is 4.99 Å². The average molecular weight is 565 g/mol. The van der Waals surface area contributed by atoms with Crippen molar-refractivity contribution in [2.75, 3.05) is 44.2 Å². The quantitative estimate of drug-likeness (QED) is 0.287. The summed E-state index contributed by atoms with van der Waals surface area (Å²) >= 11 is 0. The molecule has 1 heterocycles. The maximum atomic E-state index is 11.6. The number of ether oxygens (including phenoxy) is 1. The van der Waals surface area contributed by atoms with Crippen LogP contribution in [0, 0.1) is 6.92 Å². The van der Waals surface area contributed by atoms with Crippen LogP contribution < -0.4 is 15.4 Å². The van der Waals surface area contributed by atoms with Gasteiger partial charge in [-0.3, -0.25) is 4.90 Å². The molecule has 1 aliphatic heterocycles. The second-order valence-corrected chi connectivity index (χ2v) is 10.6. The van der Waals surface area contributed by atoms with E-state index in [0.29, 0.717) is 25.7 Å². The first kappa shape index (κ1) is 26.2. The normalized spacial score (nSPS) is 19.6. The number of sulfone groups is 1. The molecular formula is C22H37IN4O3S. The SMILES string of the molecule is CCNC(=NCc1ccc(C)cc1OC1CCCC1)NCCN1CCS(=O)(=O)CC1.I. The number of nitrogens with one attached hydrogen (secondary N) is 2. The Morgan fingerprint density at radius 2 is 1.90 bits per heavy atom. The van der Waals surface area contributed by atoms with Crippen LogP contribution >= 0.6 is 24.0 Å². The molecule has 0 amide bonds.